The summed E-state index contributed by atoms with van der Waals surface area (Å²) in [6, 6.07) is 17.9. The summed E-state index contributed by atoms with van der Waals surface area (Å²) in [5, 5.41) is 6.32. The van der Waals surface area contributed by atoms with Gasteiger partial charge in [0.1, 0.15) is 0 Å². The molecule has 0 aliphatic heterocycles. The fourth-order valence-electron chi connectivity index (χ4n) is 2.86. The summed E-state index contributed by atoms with van der Waals surface area (Å²) in [4.78, 5) is 12.2. The molecule has 0 spiro atoms. The van der Waals surface area contributed by atoms with Gasteiger partial charge in [-0.2, -0.15) is 0 Å². The lowest BCUT2D eigenvalue weighted by molar-refractivity contribution is -0.119. The second-order valence-corrected chi connectivity index (χ2v) is 5.83. The monoisotopic (exact) mass is 331 g/mol. The van der Waals surface area contributed by atoms with Crippen LogP contribution in [0, 0.1) is 5.92 Å². The molecule has 1 aliphatic rings. The van der Waals surface area contributed by atoms with Gasteiger partial charge in [0, 0.05) is 29.0 Å². The average Bonchev–Trinajstić information content (AvgIpc) is 2.95. The molecule has 3 rings (SSSR count). The van der Waals surface area contributed by atoms with Crippen LogP contribution in [0.5, 0.6) is 0 Å². The highest BCUT2D eigenvalue weighted by molar-refractivity contribution is 5.93. The van der Waals surface area contributed by atoms with Gasteiger partial charge in [-0.25, -0.2) is 0 Å². The van der Waals surface area contributed by atoms with Gasteiger partial charge in [-0.15, -0.1) is 12.4 Å². The number of hydrogen-bond acceptors (Lipinski definition) is 3. The summed E-state index contributed by atoms with van der Waals surface area (Å²) >= 11 is 0. The molecular formula is C18H22ClN3O. The van der Waals surface area contributed by atoms with E-state index >= 15 is 0 Å². The summed E-state index contributed by atoms with van der Waals surface area (Å²) in [6.45, 7) is 0. The Kier molecular flexibility index (Phi) is 6.02. The molecular weight excluding hydrogens is 310 g/mol. The molecule has 5 heteroatoms. The molecule has 4 N–H and O–H groups in total. The Morgan fingerprint density at radius 2 is 1.65 bits per heavy atom. The molecule has 1 fully saturated rings. The maximum Gasteiger partial charge on any atom is 0.227 e. The maximum atomic E-state index is 12.2. The number of anilines is 3. The van der Waals surface area contributed by atoms with E-state index in [1.165, 1.54) is 0 Å². The van der Waals surface area contributed by atoms with Crippen molar-refractivity contribution in [1.29, 1.82) is 0 Å². The Labute approximate surface area is 142 Å². The Morgan fingerprint density at radius 3 is 2.35 bits per heavy atom. The van der Waals surface area contributed by atoms with Crippen molar-refractivity contribution in [2.45, 2.75) is 25.3 Å². The summed E-state index contributed by atoms with van der Waals surface area (Å²) in [7, 11) is 0. The van der Waals surface area contributed by atoms with Crippen LogP contribution in [0.3, 0.4) is 0 Å². The molecule has 1 aliphatic carbocycles. The standard InChI is InChI=1S/C18H21N3O.ClH/c19-14-10-9-13(11-14)18(22)21-17-8-4-7-16(12-17)20-15-5-2-1-3-6-15;/h1-8,12-14,20H,9-11,19H2,(H,21,22);1H. The van der Waals surface area contributed by atoms with Crippen molar-refractivity contribution < 1.29 is 4.79 Å². The number of carbonyl (C=O) groups is 1. The van der Waals surface area contributed by atoms with Crippen molar-refractivity contribution in [3.8, 4) is 0 Å². The molecule has 2 unspecified atom stereocenters. The van der Waals surface area contributed by atoms with Gasteiger partial charge < -0.3 is 16.4 Å². The average molecular weight is 332 g/mol. The molecule has 1 saturated carbocycles. The lowest BCUT2D eigenvalue weighted by atomic mass is 10.1. The molecule has 2 aromatic carbocycles. The second kappa shape index (κ2) is 7.99. The number of benzene rings is 2. The fraction of sp³-hybridized carbons (Fsp3) is 0.278. The molecule has 0 heterocycles. The number of nitrogens with two attached hydrogens (primary N) is 1. The molecule has 2 atom stereocenters. The lowest BCUT2D eigenvalue weighted by Crippen LogP contribution is -2.23. The van der Waals surface area contributed by atoms with Gasteiger partial charge >= 0.3 is 0 Å². The van der Waals surface area contributed by atoms with E-state index in [9.17, 15) is 4.79 Å². The summed E-state index contributed by atoms with van der Waals surface area (Å²) in [6.07, 6.45) is 2.61. The molecule has 1 amide bonds. The second-order valence-electron chi connectivity index (χ2n) is 5.83. The van der Waals surface area contributed by atoms with Crippen LogP contribution < -0.4 is 16.4 Å². The highest BCUT2D eigenvalue weighted by atomic mass is 35.5. The fourth-order valence-corrected chi connectivity index (χ4v) is 2.86. The third-order valence-electron chi connectivity index (χ3n) is 4.04. The molecule has 0 bridgehead atoms. The van der Waals surface area contributed by atoms with E-state index in [2.05, 4.69) is 10.6 Å². The number of amides is 1. The van der Waals surface area contributed by atoms with E-state index in [4.69, 9.17) is 5.73 Å². The van der Waals surface area contributed by atoms with E-state index in [0.29, 0.717) is 0 Å². The van der Waals surface area contributed by atoms with Crippen LogP contribution in [0.15, 0.2) is 54.6 Å². The summed E-state index contributed by atoms with van der Waals surface area (Å²) in [5.41, 5.74) is 8.66. The van der Waals surface area contributed by atoms with Gasteiger partial charge in [-0.05, 0) is 49.6 Å². The van der Waals surface area contributed by atoms with Crippen LogP contribution >= 0.6 is 12.4 Å². The Balaban J connectivity index is 0.00000192. The Morgan fingerprint density at radius 1 is 0.957 bits per heavy atom. The number of hydrogen-bond donors (Lipinski definition) is 3. The number of nitrogens with one attached hydrogen (secondary N) is 2. The van der Waals surface area contributed by atoms with Crippen LogP contribution in [-0.4, -0.2) is 11.9 Å². The van der Waals surface area contributed by atoms with Crippen LogP contribution in [0.2, 0.25) is 0 Å². The van der Waals surface area contributed by atoms with E-state index in [0.717, 1.165) is 36.3 Å². The zero-order valence-corrected chi connectivity index (χ0v) is 13.7. The van der Waals surface area contributed by atoms with Gasteiger partial charge in [0.25, 0.3) is 0 Å². The van der Waals surface area contributed by atoms with E-state index in [1.54, 1.807) is 0 Å². The third kappa shape index (κ3) is 4.71. The number of para-hydroxylation sites is 1. The Hall–Kier alpha value is -2.04. The minimum Gasteiger partial charge on any atom is -0.355 e. The molecule has 0 aromatic heterocycles. The van der Waals surface area contributed by atoms with Gasteiger partial charge in [-0.3, -0.25) is 4.79 Å². The minimum atomic E-state index is 0. The number of halogens is 1. The highest BCUT2D eigenvalue weighted by Crippen LogP contribution is 2.26. The summed E-state index contributed by atoms with van der Waals surface area (Å²) < 4.78 is 0. The first-order chi connectivity index (χ1) is 10.7. The van der Waals surface area contributed by atoms with Crippen molar-refractivity contribution in [3.05, 3.63) is 54.6 Å². The predicted octanol–water partition coefficient (Wildman–Crippen LogP) is 3.92. The van der Waals surface area contributed by atoms with Gasteiger partial charge in [0.05, 0.1) is 0 Å². The first-order valence-electron chi connectivity index (χ1n) is 7.69. The largest absolute Gasteiger partial charge is 0.355 e. The lowest BCUT2D eigenvalue weighted by Gasteiger charge is -2.12. The van der Waals surface area contributed by atoms with Crippen molar-refractivity contribution in [2.75, 3.05) is 10.6 Å². The highest BCUT2D eigenvalue weighted by Gasteiger charge is 2.27. The van der Waals surface area contributed by atoms with Gasteiger partial charge in [0.15, 0.2) is 0 Å². The first kappa shape index (κ1) is 17.3. The van der Waals surface area contributed by atoms with E-state index in [1.807, 2.05) is 54.6 Å². The van der Waals surface area contributed by atoms with Crippen molar-refractivity contribution >= 4 is 35.4 Å². The Bertz CT molecular complexity index is 648. The van der Waals surface area contributed by atoms with E-state index in [-0.39, 0.29) is 30.3 Å². The smallest absolute Gasteiger partial charge is 0.227 e. The quantitative estimate of drug-likeness (QED) is 0.795. The van der Waals surface area contributed by atoms with E-state index < -0.39 is 0 Å². The van der Waals surface area contributed by atoms with Crippen molar-refractivity contribution in [3.63, 3.8) is 0 Å². The van der Waals surface area contributed by atoms with Crippen LogP contribution in [0.4, 0.5) is 17.1 Å². The topological polar surface area (TPSA) is 67.2 Å². The third-order valence-corrected chi connectivity index (χ3v) is 4.04. The summed E-state index contributed by atoms with van der Waals surface area (Å²) in [5.74, 6) is 0.116. The molecule has 2 aromatic rings. The number of rotatable bonds is 4. The van der Waals surface area contributed by atoms with Crippen molar-refractivity contribution in [2.24, 2.45) is 11.7 Å². The first-order valence-corrected chi connectivity index (χ1v) is 7.69. The minimum absolute atomic E-state index is 0. The number of carbonyl (C=O) groups excluding carboxylic acids is 1. The zero-order valence-electron chi connectivity index (χ0n) is 12.9. The van der Waals surface area contributed by atoms with Gasteiger partial charge in [-0.1, -0.05) is 24.3 Å². The predicted molar refractivity (Wildman–Crippen MR) is 97.4 cm³/mol. The zero-order chi connectivity index (χ0) is 15.4. The van der Waals surface area contributed by atoms with Crippen LogP contribution in [0.25, 0.3) is 0 Å². The molecule has 0 radical (unpaired) electrons. The molecule has 0 saturated heterocycles. The molecule has 4 nitrogen and oxygen atoms in total. The molecule has 23 heavy (non-hydrogen) atoms. The van der Waals surface area contributed by atoms with Crippen LogP contribution in [-0.2, 0) is 4.79 Å². The maximum absolute atomic E-state index is 12.2. The van der Waals surface area contributed by atoms with Crippen LogP contribution in [0.1, 0.15) is 19.3 Å². The normalized spacial score (nSPS) is 19.7. The molecule has 122 valence electrons. The van der Waals surface area contributed by atoms with Crippen molar-refractivity contribution in [1.82, 2.24) is 0 Å². The SMILES string of the molecule is Cl.NC1CCC(C(=O)Nc2cccc(Nc3ccccc3)c2)C1. The van der Waals surface area contributed by atoms with Gasteiger partial charge in [0.2, 0.25) is 5.91 Å².